The number of imidazole rings is 1. The van der Waals surface area contributed by atoms with Crippen LogP contribution in [-0.4, -0.2) is 57.2 Å². The molecule has 5 N–H and O–H groups in total. The SMILES string of the molecule is CC1(C)O[C@@H]2[C@H](O1)[C@@H](CO)O[C@H]2n1cnc(C(N)=O)c1C(N)=O. The number of hydrogen-bond donors (Lipinski definition) is 3. The zero-order valence-corrected chi connectivity index (χ0v) is 12.6. The Labute approximate surface area is 131 Å². The predicted molar refractivity (Wildman–Crippen MR) is 74.1 cm³/mol. The lowest BCUT2D eigenvalue weighted by atomic mass is 10.1. The molecule has 10 nitrogen and oxygen atoms in total. The third-order valence-corrected chi connectivity index (χ3v) is 3.84. The van der Waals surface area contributed by atoms with Gasteiger partial charge in [0.15, 0.2) is 17.7 Å². The first-order valence-electron chi connectivity index (χ1n) is 7.03. The molecule has 0 saturated carbocycles. The van der Waals surface area contributed by atoms with Crippen LogP contribution in [0.2, 0.25) is 0 Å². The second-order valence-electron chi connectivity index (χ2n) is 5.89. The van der Waals surface area contributed by atoms with Crippen LogP contribution in [0.15, 0.2) is 6.33 Å². The van der Waals surface area contributed by atoms with Crippen LogP contribution in [0.4, 0.5) is 0 Å². The lowest BCUT2D eigenvalue weighted by Crippen LogP contribution is -2.32. The van der Waals surface area contributed by atoms with Crippen LogP contribution in [0.1, 0.15) is 41.1 Å². The number of carbonyl (C=O) groups is 2. The summed E-state index contributed by atoms with van der Waals surface area (Å²) < 4.78 is 18.5. The summed E-state index contributed by atoms with van der Waals surface area (Å²) in [4.78, 5) is 27.0. The van der Waals surface area contributed by atoms with E-state index in [1.54, 1.807) is 13.8 Å². The van der Waals surface area contributed by atoms with Crippen LogP contribution in [0, 0.1) is 0 Å². The molecule has 0 aliphatic carbocycles. The molecule has 2 aliphatic rings. The van der Waals surface area contributed by atoms with E-state index in [1.165, 1.54) is 10.9 Å². The maximum atomic E-state index is 11.7. The largest absolute Gasteiger partial charge is 0.394 e. The van der Waals surface area contributed by atoms with Crippen molar-refractivity contribution in [3.63, 3.8) is 0 Å². The molecule has 23 heavy (non-hydrogen) atoms. The molecule has 2 fully saturated rings. The van der Waals surface area contributed by atoms with Gasteiger partial charge < -0.3 is 30.8 Å². The van der Waals surface area contributed by atoms with Crippen molar-refractivity contribution in [2.75, 3.05) is 6.61 Å². The van der Waals surface area contributed by atoms with E-state index in [0.717, 1.165) is 0 Å². The van der Waals surface area contributed by atoms with Gasteiger partial charge in [-0.2, -0.15) is 0 Å². The maximum Gasteiger partial charge on any atom is 0.269 e. The van der Waals surface area contributed by atoms with Crippen LogP contribution >= 0.6 is 0 Å². The average molecular weight is 326 g/mol. The van der Waals surface area contributed by atoms with E-state index in [1.807, 2.05) is 0 Å². The fourth-order valence-electron chi connectivity index (χ4n) is 3.01. The number of hydrogen-bond acceptors (Lipinski definition) is 7. The molecule has 2 saturated heterocycles. The molecule has 2 aliphatic heterocycles. The van der Waals surface area contributed by atoms with Gasteiger partial charge in [-0.3, -0.25) is 14.2 Å². The third kappa shape index (κ3) is 2.49. The Morgan fingerprint density at radius 2 is 1.96 bits per heavy atom. The monoisotopic (exact) mass is 326 g/mol. The summed E-state index contributed by atoms with van der Waals surface area (Å²) >= 11 is 0. The first-order chi connectivity index (χ1) is 10.7. The Bertz CT molecular complexity index is 657. The van der Waals surface area contributed by atoms with Crippen LogP contribution in [0.3, 0.4) is 0 Å². The predicted octanol–water partition coefficient (Wildman–Crippen LogP) is -1.51. The van der Waals surface area contributed by atoms with Gasteiger partial charge in [-0.1, -0.05) is 0 Å². The van der Waals surface area contributed by atoms with Crippen molar-refractivity contribution >= 4 is 11.8 Å². The van der Waals surface area contributed by atoms with E-state index in [9.17, 15) is 14.7 Å². The van der Waals surface area contributed by atoms with E-state index in [2.05, 4.69) is 4.98 Å². The lowest BCUT2D eigenvalue weighted by molar-refractivity contribution is -0.200. The Morgan fingerprint density at radius 3 is 2.52 bits per heavy atom. The number of aliphatic hydroxyl groups excluding tert-OH is 1. The fourth-order valence-corrected chi connectivity index (χ4v) is 3.01. The van der Waals surface area contributed by atoms with Crippen LogP contribution in [0.25, 0.3) is 0 Å². The molecule has 1 aromatic heterocycles. The summed E-state index contributed by atoms with van der Waals surface area (Å²) in [6.07, 6.45) is -1.37. The summed E-state index contributed by atoms with van der Waals surface area (Å²) in [5, 5.41) is 9.47. The standard InChI is InChI=1S/C13H18N4O6/c1-13(2)22-8-5(3-18)21-12(9(8)23-13)17-4-16-6(10(14)19)7(17)11(15)20/h4-5,8-9,12,18H,3H2,1-2H3,(H2,14,19)(H2,15,20)/t5-,8-,9-,12-/m1/s1. The highest BCUT2D eigenvalue weighted by Gasteiger charge is 2.56. The molecule has 2 amide bonds. The molecule has 0 aromatic carbocycles. The van der Waals surface area contributed by atoms with Crippen molar-refractivity contribution in [1.82, 2.24) is 9.55 Å². The Balaban J connectivity index is 2.02. The van der Waals surface area contributed by atoms with Gasteiger partial charge in [0.1, 0.15) is 24.0 Å². The second-order valence-corrected chi connectivity index (χ2v) is 5.89. The summed E-state index contributed by atoms with van der Waals surface area (Å²) in [5.74, 6) is -2.62. The van der Waals surface area contributed by atoms with Crippen molar-refractivity contribution in [2.24, 2.45) is 11.5 Å². The quantitative estimate of drug-likeness (QED) is 0.608. The minimum absolute atomic E-state index is 0.173. The number of ether oxygens (including phenoxy) is 3. The van der Waals surface area contributed by atoms with E-state index in [-0.39, 0.29) is 18.0 Å². The van der Waals surface area contributed by atoms with Gasteiger partial charge >= 0.3 is 0 Å². The van der Waals surface area contributed by atoms with Gasteiger partial charge in [-0.25, -0.2) is 4.98 Å². The Hall–Kier alpha value is -2.01. The normalized spacial score (nSPS) is 32.0. The summed E-state index contributed by atoms with van der Waals surface area (Å²) in [7, 11) is 0. The first kappa shape index (κ1) is 15.9. The zero-order valence-electron chi connectivity index (χ0n) is 12.6. The summed E-state index contributed by atoms with van der Waals surface area (Å²) in [6, 6.07) is 0. The highest BCUT2D eigenvalue weighted by Crippen LogP contribution is 2.43. The minimum atomic E-state index is -0.880. The number of primary amides is 2. The molecule has 3 rings (SSSR count). The highest BCUT2D eigenvalue weighted by atomic mass is 16.8. The maximum absolute atomic E-state index is 11.7. The van der Waals surface area contributed by atoms with Crippen LogP contribution in [-0.2, 0) is 14.2 Å². The van der Waals surface area contributed by atoms with Crippen molar-refractivity contribution in [3.05, 3.63) is 17.7 Å². The molecule has 0 radical (unpaired) electrons. The van der Waals surface area contributed by atoms with Crippen LogP contribution < -0.4 is 11.5 Å². The summed E-state index contributed by atoms with van der Waals surface area (Å²) in [6.45, 7) is 3.17. The smallest absolute Gasteiger partial charge is 0.269 e. The van der Waals surface area contributed by atoms with E-state index < -0.39 is 42.1 Å². The van der Waals surface area contributed by atoms with Crippen molar-refractivity contribution in [1.29, 1.82) is 0 Å². The molecule has 0 bridgehead atoms. The van der Waals surface area contributed by atoms with Gasteiger partial charge in [0.25, 0.3) is 11.8 Å². The highest BCUT2D eigenvalue weighted by molar-refractivity contribution is 6.03. The average Bonchev–Trinajstić information content (AvgIpc) is 3.08. The van der Waals surface area contributed by atoms with Crippen molar-refractivity contribution in [3.8, 4) is 0 Å². The second kappa shape index (κ2) is 5.27. The number of nitrogens with two attached hydrogens (primary N) is 2. The van der Waals surface area contributed by atoms with Gasteiger partial charge in [0.2, 0.25) is 0 Å². The Morgan fingerprint density at radius 1 is 1.30 bits per heavy atom. The van der Waals surface area contributed by atoms with Crippen molar-refractivity contribution < 1.29 is 28.9 Å². The van der Waals surface area contributed by atoms with E-state index >= 15 is 0 Å². The number of amides is 2. The Kier molecular flexibility index (Phi) is 3.64. The molecule has 1 aromatic rings. The molecule has 126 valence electrons. The van der Waals surface area contributed by atoms with Crippen LogP contribution in [0.5, 0.6) is 0 Å². The third-order valence-electron chi connectivity index (χ3n) is 3.84. The van der Waals surface area contributed by atoms with E-state index in [0.29, 0.717) is 0 Å². The number of nitrogens with zero attached hydrogens (tertiary/aromatic N) is 2. The number of carbonyl (C=O) groups excluding carboxylic acids is 2. The topological polar surface area (TPSA) is 152 Å². The van der Waals surface area contributed by atoms with Gasteiger partial charge in [0, 0.05) is 0 Å². The molecule has 10 heteroatoms. The zero-order chi connectivity index (χ0) is 16.9. The molecular formula is C13H18N4O6. The number of fused-ring (bicyclic) bond motifs is 1. The molecule has 3 heterocycles. The van der Waals surface area contributed by atoms with Gasteiger partial charge in [0.05, 0.1) is 12.9 Å². The molecule has 0 spiro atoms. The van der Waals surface area contributed by atoms with Crippen molar-refractivity contribution in [2.45, 2.75) is 44.2 Å². The number of rotatable bonds is 4. The first-order valence-corrected chi connectivity index (χ1v) is 7.03. The number of aliphatic hydroxyl groups is 1. The molecular weight excluding hydrogens is 308 g/mol. The lowest BCUT2D eigenvalue weighted by Gasteiger charge is -2.24. The van der Waals surface area contributed by atoms with Gasteiger partial charge in [-0.05, 0) is 13.8 Å². The van der Waals surface area contributed by atoms with E-state index in [4.69, 9.17) is 25.7 Å². The van der Waals surface area contributed by atoms with Gasteiger partial charge in [-0.15, -0.1) is 0 Å². The molecule has 4 atom stereocenters. The minimum Gasteiger partial charge on any atom is -0.394 e. The number of aromatic nitrogens is 2. The molecule has 0 unspecified atom stereocenters. The fraction of sp³-hybridized carbons (Fsp3) is 0.615. The summed E-state index contributed by atoms with van der Waals surface area (Å²) in [5.41, 5.74) is 10.1.